The number of nitrogens with zero attached hydrogens (tertiary/aromatic N) is 1. The van der Waals surface area contributed by atoms with Crippen LogP contribution in [0, 0.1) is 0 Å². The van der Waals surface area contributed by atoms with Crippen molar-refractivity contribution in [2.45, 2.75) is 19.8 Å². The number of phenols is 1. The second-order valence-electron chi connectivity index (χ2n) is 7.72. The van der Waals surface area contributed by atoms with Crippen molar-refractivity contribution in [1.29, 1.82) is 0 Å². The molecule has 4 nitrogen and oxygen atoms in total. The van der Waals surface area contributed by atoms with E-state index in [9.17, 15) is 5.11 Å². The Morgan fingerprint density at radius 2 is 1.94 bits per heavy atom. The number of thiophene rings is 1. The molecule has 0 saturated carbocycles. The van der Waals surface area contributed by atoms with Crippen molar-refractivity contribution < 1.29 is 14.6 Å². The average molecular weight is 464 g/mol. The van der Waals surface area contributed by atoms with E-state index in [1.54, 1.807) is 29.5 Å². The largest absolute Gasteiger partial charge is 0.508 e. The van der Waals surface area contributed by atoms with Gasteiger partial charge in [0.15, 0.2) is 5.75 Å². The van der Waals surface area contributed by atoms with E-state index in [1.807, 2.05) is 55.5 Å². The summed E-state index contributed by atoms with van der Waals surface area (Å²) in [6.07, 6.45) is 15.9. The fourth-order valence-corrected chi connectivity index (χ4v) is 4.77. The van der Waals surface area contributed by atoms with Gasteiger partial charge < -0.3 is 19.5 Å². The maximum atomic E-state index is 9.70. The highest BCUT2D eigenvalue weighted by Crippen LogP contribution is 2.45. The number of ether oxygens (including phenoxy) is 2. The lowest BCUT2D eigenvalue weighted by Crippen LogP contribution is -2.23. The summed E-state index contributed by atoms with van der Waals surface area (Å²) in [5.74, 6) is 1.66. The molecule has 1 N–H and O–H groups in total. The molecule has 1 aliphatic heterocycles. The molecule has 0 unspecified atom stereocenters. The zero-order valence-electron chi connectivity index (χ0n) is 19.3. The van der Waals surface area contributed by atoms with Gasteiger partial charge in [-0.2, -0.15) is 0 Å². The summed E-state index contributed by atoms with van der Waals surface area (Å²) in [5.41, 5.74) is 1.95. The molecule has 5 heteroatoms. The lowest BCUT2D eigenvalue weighted by atomic mass is 10.1. The van der Waals surface area contributed by atoms with E-state index in [-0.39, 0.29) is 5.75 Å². The Morgan fingerprint density at radius 1 is 1.18 bits per heavy atom. The first kappa shape index (κ1) is 24.8. The van der Waals surface area contributed by atoms with Crippen LogP contribution in [0.3, 0.4) is 0 Å². The van der Waals surface area contributed by atoms with Crippen molar-refractivity contribution in [1.82, 2.24) is 4.90 Å². The summed E-state index contributed by atoms with van der Waals surface area (Å²) in [6.45, 7) is 14.4. The van der Waals surface area contributed by atoms with Gasteiger partial charge in [-0.05, 0) is 74.8 Å². The Kier molecular flexibility index (Phi) is 9.76. The molecule has 0 atom stereocenters. The number of rotatable bonds is 12. The van der Waals surface area contributed by atoms with Crippen molar-refractivity contribution in [3.8, 4) is 21.9 Å². The minimum atomic E-state index is 0.232. The van der Waals surface area contributed by atoms with Crippen molar-refractivity contribution in [2.24, 2.45) is 0 Å². The monoisotopic (exact) mass is 463 g/mol. The molecule has 2 heterocycles. The molecule has 1 aliphatic rings. The van der Waals surface area contributed by atoms with Gasteiger partial charge in [0, 0.05) is 17.0 Å². The van der Waals surface area contributed by atoms with E-state index in [0.717, 1.165) is 39.8 Å². The molecule has 33 heavy (non-hydrogen) atoms. The number of phenolic OH excluding ortho intramolecular Hbond substituents is 1. The number of benzene rings is 1. The summed E-state index contributed by atoms with van der Waals surface area (Å²) >= 11 is 1.61. The predicted octanol–water partition coefficient (Wildman–Crippen LogP) is 6.91. The van der Waals surface area contributed by atoms with Gasteiger partial charge in [0.2, 0.25) is 0 Å². The van der Waals surface area contributed by atoms with Crippen molar-refractivity contribution >= 4 is 23.5 Å². The standard InChI is InChI=1S/C28H33NO3S/c1-4-10-24(12-9-20-31-21-19-29-17-7-8-18-29)32-27-25(11-5-2)26(6-3)33-28(27)22-13-15-23(30)16-14-22/h4-6,9-16,30H,1,3,7-8,17-21H2,2H3/b11-5-,12-9-,24-10+. The second kappa shape index (κ2) is 13.0. The molecule has 1 aromatic carbocycles. The Balaban J connectivity index is 1.76. The van der Waals surface area contributed by atoms with Crippen molar-refractivity contribution in [3.63, 3.8) is 0 Å². The van der Waals surface area contributed by atoms with Crippen LogP contribution in [0.25, 0.3) is 22.6 Å². The molecule has 0 bridgehead atoms. The Morgan fingerprint density at radius 3 is 2.61 bits per heavy atom. The fraction of sp³-hybridized carbons (Fsp3) is 0.286. The highest BCUT2D eigenvalue weighted by Gasteiger charge is 2.19. The summed E-state index contributed by atoms with van der Waals surface area (Å²) < 4.78 is 12.2. The van der Waals surface area contributed by atoms with E-state index < -0.39 is 0 Å². The van der Waals surface area contributed by atoms with E-state index in [2.05, 4.69) is 18.1 Å². The lowest BCUT2D eigenvalue weighted by Gasteiger charge is -2.13. The van der Waals surface area contributed by atoms with Gasteiger partial charge >= 0.3 is 0 Å². The van der Waals surface area contributed by atoms with Gasteiger partial charge in [-0.15, -0.1) is 11.3 Å². The number of hydrogen-bond donors (Lipinski definition) is 1. The molecule has 174 valence electrons. The minimum Gasteiger partial charge on any atom is -0.508 e. The van der Waals surface area contributed by atoms with Crippen LogP contribution in [0.15, 0.2) is 73.6 Å². The smallest absolute Gasteiger partial charge is 0.153 e. The van der Waals surface area contributed by atoms with E-state index >= 15 is 0 Å². The average Bonchev–Trinajstić information content (AvgIpc) is 3.45. The van der Waals surface area contributed by atoms with Crippen molar-refractivity contribution in [3.05, 3.63) is 84.0 Å². The Bertz CT molecular complexity index is 1010. The fourth-order valence-electron chi connectivity index (χ4n) is 3.70. The third-order valence-electron chi connectivity index (χ3n) is 5.33. The van der Waals surface area contributed by atoms with Crippen LogP contribution in [0.2, 0.25) is 0 Å². The van der Waals surface area contributed by atoms with Gasteiger partial charge in [0.1, 0.15) is 11.5 Å². The normalized spacial score (nSPS) is 15.0. The third kappa shape index (κ3) is 7.06. The van der Waals surface area contributed by atoms with Crippen LogP contribution in [0.5, 0.6) is 11.5 Å². The molecular formula is C28H33NO3S. The highest BCUT2D eigenvalue weighted by atomic mass is 32.1. The first-order valence-corrected chi connectivity index (χ1v) is 12.2. The number of hydrogen-bond acceptors (Lipinski definition) is 5. The number of aromatic hydroxyl groups is 1. The van der Waals surface area contributed by atoms with E-state index in [0.29, 0.717) is 12.4 Å². The first-order chi connectivity index (χ1) is 16.2. The predicted molar refractivity (Wildman–Crippen MR) is 141 cm³/mol. The van der Waals surface area contributed by atoms with Crippen molar-refractivity contribution in [2.75, 3.05) is 32.8 Å². The summed E-state index contributed by atoms with van der Waals surface area (Å²) in [7, 11) is 0. The molecule has 2 aromatic rings. The summed E-state index contributed by atoms with van der Waals surface area (Å²) in [4.78, 5) is 4.44. The van der Waals surface area contributed by atoms with Crippen LogP contribution in [-0.4, -0.2) is 42.9 Å². The molecule has 0 amide bonds. The zero-order valence-corrected chi connectivity index (χ0v) is 20.2. The molecule has 3 rings (SSSR count). The van der Waals surface area contributed by atoms with Crippen LogP contribution in [-0.2, 0) is 4.74 Å². The lowest BCUT2D eigenvalue weighted by molar-refractivity contribution is 0.133. The van der Waals surface area contributed by atoms with Crippen LogP contribution in [0.4, 0.5) is 0 Å². The maximum absolute atomic E-state index is 9.70. The van der Waals surface area contributed by atoms with Crippen LogP contribution in [0.1, 0.15) is 30.2 Å². The zero-order chi connectivity index (χ0) is 23.5. The molecule has 1 saturated heterocycles. The van der Waals surface area contributed by atoms with Gasteiger partial charge in [-0.1, -0.05) is 43.5 Å². The summed E-state index contributed by atoms with van der Waals surface area (Å²) in [6, 6.07) is 7.14. The molecule has 0 spiro atoms. The third-order valence-corrected chi connectivity index (χ3v) is 6.56. The van der Waals surface area contributed by atoms with E-state index in [1.165, 1.54) is 25.9 Å². The maximum Gasteiger partial charge on any atom is 0.153 e. The van der Waals surface area contributed by atoms with E-state index in [4.69, 9.17) is 9.47 Å². The van der Waals surface area contributed by atoms with Gasteiger partial charge in [0.25, 0.3) is 0 Å². The van der Waals surface area contributed by atoms with Gasteiger partial charge in [-0.25, -0.2) is 0 Å². The quantitative estimate of drug-likeness (QED) is 0.211. The first-order valence-electron chi connectivity index (χ1n) is 11.3. The Labute approximate surface area is 201 Å². The second-order valence-corrected chi connectivity index (χ2v) is 8.77. The summed E-state index contributed by atoms with van der Waals surface area (Å²) in [5, 5.41) is 9.70. The molecular weight excluding hydrogens is 430 g/mol. The molecule has 1 aromatic heterocycles. The van der Waals surface area contributed by atoms with Crippen LogP contribution >= 0.6 is 11.3 Å². The van der Waals surface area contributed by atoms with Gasteiger partial charge in [-0.3, -0.25) is 0 Å². The number of allylic oxidation sites excluding steroid dienone is 4. The highest BCUT2D eigenvalue weighted by molar-refractivity contribution is 7.17. The molecule has 0 radical (unpaired) electrons. The SMILES string of the molecule is C=C/C=C(\C=C/COCCN1CCCC1)Oc1c(-c2ccc(O)cc2)sc(C=C)c1/C=C\C. The minimum absolute atomic E-state index is 0.232. The molecule has 0 aliphatic carbocycles. The topological polar surface area (TPSA) is 41.9 Å². The molecule has 1 fully saturated rings. The van der Waals surface area contributed by atoms with Gasteiger partial charge in [0.05, 0.1) is 18.1 Å². The Hall–Kier alpha value is -2.86. The number of likely N-dealkylation sites (tertiary alicyclic amines) is 1. The van der Waals surface area contributed by atoms with Crippen LogP contribution < -0.4 is 4.74 Å².